The molecular weight excluding hydrogens is 298 g/mol. The number of rotatable bonds is 8. The Morgan fingerprint density at radius 1 is 1.17 bits per heavy atom. The number of hydrogen-bond acceptors (Lipinski definition) is 5. The minimum atomic E-state index is -0.435. The summed E-state index contributed by atoms with van der Waals surface area (Å²) in [5.41, 5.74) is 1.66. The van der Waals surface area contributed by atoms with E-state index in [1.165, 1.54) is 6.92 Å². The number of ether oxygens (including phenoxy) is 3. The van der Waals surface area contributed by atoms with Crippen molar-refractivity contribution in [2.45, 2.75) is 39.7 Å². The molecule has 1 aromatic rings. The van der Waals surface area contributed by atoms with Gasteiger partial charge in [-0.3, -0.25) is 9.59 Å². The smallest absolute Gasteiger partial charge is 0.306 e. The molecule has 0 spiro atoms. The molecule has 1 aromatic carbocycles. The summed E-state index contributed by atoms with van der Waals surface area (Å²) < 4.78 is 16.2. The number of carbonyl (C=O) groups is 2. The van der Waals surface area contributed by atoms with E-state index in [1.54, 1.807) is 28.1 Å². The van der Waals surface area contributed by atoms with Gasteiger partial charge < -0.3 is 19.5 Å². The van der Waals surface area contributed by atoms with Crippen LogP contribution in [0.4, 0.5) is 0 Å². The highest BCUT2D eigenvalue weighted by Gasteiger charge is 2.19. The van der Waals surface area contributed by atoms with Crippen molar-refractivity contribution in [1.29, 1.82) is 0 Å². The third kappa shape index (κ3) is 5.47. The maximum atomic E-state index is 11.5. The molecule has 1 amide bonds. The zero-order chi connectivity index (χ0) is 17.4. The summed E-state index contributed by atoms with van der Waals surface area (Å²) in [5, 5.41) is 2.75. The van der Waals surface area contributed by atoms with Gasteiger partial charge in [0.2, 0.25) is 5.91 Å². The molecule has 0 radical (unpaired) electrons. The van der Waals surface area contributed by atoms with Crippen LogP contribution in [-0.4, -0.2) is 32.6 Å². The maximum absolute atomic E-state index is 11.5. The number of benzene rings is 1. The molecule has 128 valence electrons. The van der Waals surface area contributed by atoms with Crippen LogP contribution in [-0.2, 0) is 20.7 Å². The van der Waals surface area contributed by atoms with E-state index in [4.69, 9.17) is 14.2 Å². The van der Waals surface area contributed by atoms with Gasteiger partial charge in [0.1, 0.15) is 17.6 Å². The Kier molecular flexibility index (Phi) is 7.38. The van der Waals surface area contributed by atoms with Crippen molar-refractivity contribution in [2.24, 2.45) is 0 Å². The van der Waals surface area contributed by atoms with Gasteiger partial charge in [0, 0.05) is 25.5 Å². The second-order valence-corrected chi connectivity index (χ2v) is 5.12. The lowest BCUT2D eigenvalue weighted by Crippen LogP contribution is -2.22. The molecule has 0 saturated carbocycles. The summed E-state index contributed by atoms with van der Waals surface area (Å²) in [7, 11) is 3.15. The van der Waals surface area contributed by atoms with Crippen molar-refractivity contribution in [3.05, 3.63) is 23.3 Å². The predicted molar refractivity (Wildman–Crippen MR) is 86.7 cm³/mol. The normalized spacial score (nSPS) is 11.5. The number of esters is 1. The highest BCUT2D eigenvalue weighted by molar-refractivity contribution is 5.72. The van der Waals surface area contributed by atoms with Crippen molar-refractivity contribution >= 4 is 11.9 Å². The van der Waals surface area contributed by atoms with Crippen LogP contribution in [0, 0.1) is 0 Å². The standard InChI is InChI=1S/C17H25NO5/c1-6-17(20)23-11(2)14-10-15(21-4)13(9-16(14)22-5)7-8-18-12(3)19/h9-11H,6-8H2,1-5H3,(H,18,19). The monoisotopic (exact) mass is 323 g/mol. The molecule has 6 heteroatoms. The lowest BCUT2D eigenvalue weighted by molar-refractivity contribution is -0.148. The molecule has 0 aliphatic rings. The second kappa shape index (κ2) is 9.02. The van der Waals surface area contributed by atoms with Crippen molar-refractivity contribution in [3.63, 3.8) is 0 Å². The molecule has 23 heavy (non-hydrogen) atoms. The molecule has 1 atom stereocenters. The molecule has 0 aromatic heterocycles. The molecule has 0 aliphatic carbocycles. The van der Waals surface area contributed by atoms with Gasteiger partial charge in [-0.25, -0.2) is 0 Å². The largest absolute Gasteiger partial charge is 0.496 e. The molecule has 1 N–H and O–H groups in total. The fourth-order valence-corrected chi connectivity index (χ4v) is 2.21. The van der Waals surface area contributed by atoms with Crippen LogP contribution >= 0.6 is 0 Å². The molecule has 0 saturated heterocycles. The third-order valence-electron chi connectivity index (χ3n) is 3.44. The average molecular weight is 323 g/mol. The number of nitrogens with one attached hydrogen (secondary N) is 1. The summed E-state index contributed by atoms with van der Waals surface area (Å²) in [4.78, 5) is 22.5. The number of methoxy groups -OCH3 is 2. The van der Waals surface area contributed by atoms with E-state index in [0.29, 0.717) is 30.9 Å². The summed E-state index contributed by atoms with van der Waals surface area (Å²) in [6.45, 7) is 5.53. The lowest BCUT2D eigenvalue weighted by Gasteiger charge is -2.19. The van der Waals surface area contributed by atoms with E-state index < -0.39 is 6.10 Å². The molecule has 0 heterocycles. The van der Waals surface area contributed by atoms with Crippen LogP contribution in [0.1, 0.15) is 44.4 Å². The Morgan fingerprint density at radius 2 is 1.83 bits per heavy atom. The lowest BCUT2D eigenvalue weighted by atomic mass is 10.0. The van der Waals surface area contributed by atoms with Crippen molar-refractivity contribution in [2.75, 3.05) is 20.8 Å². The Hall–Kier alpha value is -2.24. The Labute approximate surface area is 137 Å². The fourth-order valence-electron chi connectivity index (χ4n) is 2.21. The topological polar surface area (TPSA) is 73.9 Å². The summed E-state index contributed by atoms with van der Waals surface area (Å²) in [6.07, 6.45) is 0.497. The van der Waals surface area contributed by atoms with E-state index in [0.717, 1.165) is 11.1 Å². The van der Waals surface area contributed by atoms with Crippen LogP contribution in [0.2, 0.25) is 0 Å². The maximum Gasteiger partial charge on any atom is 0.306 e. The van der Waals surface area contributed by atoms with Crippen molar-refractivity contribution in [1.82, 2.24) is 5.32 Å². The van der Waals surface area contributed by atoms with Gasteiger partial charge in [-0.05, 0) is 31.0 Å². The van der Waals surface area contributed by atoms with E-state index in [9.17, 15) is 9.59 Å². The molecule has 6 nitrogen and oxygen atoms in total. The zero-order valence-corrected chi connectivity index (χ0v) is 14.4. The minimum absolute atomic E-state index is 0.0762. The van der Waals surface area contributed by atoms with Crippen LogP contribution in [0.15, 0.2) is 12.1 Å². The second-order valence-electron chi connectivity index (χ2n) is 5.12. The van der Waals surface area contributed by atoms with Crippen molar-refractivity contribution < 1.29 is 23.8 Å². The summed E-state index contributed by atoms with van der Waals surface area (Å²) in [5.74, 6) is 0.950. The Bertz CT molecular complexity index is 556. The van der Waals surface area contributed by atoms with Crippen LogP contribution < -0.4 is 14.8 Å². The van der Waals surface area contributed by atoms with Crippen LogP contribution in [0.5, 0.6) is 11.5 Å². The Morgan fingerprint density at radius 3 is 2.35 bits per heavy atom. The van der Waals surface area contributed by atoms with E-state index in [2.05, 4.69) is 5.32 Å². The van der Waals surface area contributed by atoms with Gasteiger partial charge in [-0.2, -0.15) is 0 Å². The van der Waals surface area contributed by atoms with E-state index >= 15 is 0 Å². The first-order valence-corrected chi connectivity index (χ1v) is 7.61. The summed E-state index contributed by atoms with van der Waals surface area (Å²) in [6, 6.07) is 3.67. The van der Waals surface area contributed by atoms with Crippen molar-refractivity contribution in [3.8, 4) is 11.5 Å². The fraction of sp³-hybridized carbons (Fsp3) is 0.529. The van der Waals surface area contributed by atoms with Gasteiger partial charge in [-0.15, -0.1) is 0 Å². The molecule has 1 unspecified atom stereocenters. The average Bonchev–Trinajstić information content (AvgIpc) is 2.53. The number of carbonyl (C=O) groups excluding carboxylic acids is 2. The SMILES string of the molecule is CCC(=O)OC(C)c1cc(OC)c(CCNC(C)=O)cc1OC. The van der Waals surface area contributed by atoms with E-state index in [1.807, 2.05) is 12.1 Å². The predicted octanol–water partition coefficient (Wildman–Crippen LogP) is 2.40. The Balaban J connectivity index is 3.04. The first-order valence-electron chi connectivity index (χ1n) is 7.61. The van der Waals surface area contributed by atoms with Crippen LogP contribution in [0.25, 0.3) is 0 Å². The van der Waals surface area contributed by atoms with Gasteiger partial charge >= 0.3 is 5.97 Å². The highest BCUT2D eigenvalue weighted by atomic mass is 16.5. The molecular formula is C17H25NO5. The quantitative estimate of drug-likeness (QED) is 0.744. The summed E-state index contributed by atoms with van der Waals surface area (Å²) >= 11 is 0. The molecule has 0 aliphatic heterocycles. The van der Waals surface area contributed by atoms with Gasteiger partial charge in [0.05, 0.1) is 14.2 Å². The van der Waals surface area contributed by atoms with E-state index in [-0.39, 0.29) is 11.9 Å². The number of amides is 1. The first-order chi connectivity index (χ1) is 10.9. The van der Waals surface area contributed by atoms with Crippen LogP contribution in [0.3, 0.4) is 0 Å². The number of hydrogen-bond donors (Lipinski definition) is 1. The zero-order valence-electron chi connectivity index (χ0n) is 14.4. The molecule has 0 bridgehead atoms. The van der Waals surface area contributed by atoms with Gasteiger partial charge in [0.15, 0.2) is 0 Å². The van der Waals surface area contributed by atoms with Gasteiger partial charge in [-0.1, -0.05) is 6.92 Å². The third-order valence-corrected chi connectivity index (χ3v) is 3.44. The molecule has 0 fully saturated rings. The first kappa shape index (κ1) is 18.8. The van der Waals surface area contributed by atoms with Gasteiger partial charge in [0.25, 0.3) is 0 Å². The molecule has 1 rings (SSSR count). The highest BCUT2D eigenvalue weighted by Crippen LogP contribution is 2.34. The minimum Gasteiger partial charge on any atom is -0.496 e.